The third-order valence-electron chi connectivity index (χ3n) is 3.72. The first-order valence-electron chi connectivity index (χ1n) is 6.64. The van der Waals surface area contributed by atoms with Crippen molar-refractivity contribution < 1.29 is 24.1 Å². The summed E-state index contributed by atoms with van der Waals surface area (Å²) in [6.07, 6.45) is -2.91. The highest BCUT2D eigenvalue weighted by Crippen LogP contribution is 2.33. The van der Waals surface area contributed by atoms with E-state index in [4.69, 9.17) is 24.7 Å². The van der Waals surface area contributed by atoms with Gasteiger partial charge in [0.15, 0.2) is 12.6 Å². The molecule has 4 unspecified atom stereocenters. The molecule has 20 heavy (non-hydrogen) atoms. The van der Waals surface area contributed by atoms with Crippen molar-refractivity contribution in [3.8, 4) is 0 Å². The number of methoxy groups -OCH3 is 1. The van der Waals surface area contributed by atoms with Gasteiger partial charge in [-0.25, -0.2) is 0 Å². The van der Waals surface area contributed by atoms with Crippen molar-refractivity contribution in [3.05, 3.63) is 35.9 Å². The topological polar surface area (TPSA) is 83.2 Å². The van der Waals surface area contributed by atoms with Crippen LogP contribution in [0.4, 0.5) is 0 Å². The Bertz CT molecular complexity index is 440. The van der Waals surface area contributed by atoms with Crippen molar-refractivity contribution >= 4 is 0 Å². The summed E-state index contributed by atoms with van der Waals surface area (Å²) in [5.41, 5.74) is 6.81. The van der Waals surface area contributed by atoms with Gasteiger partial charge in [-0.05, 0) is 0 Å². The van der Waals surface area contributed by atoms with Gasteiger partial charge in [-0.2, -0.15) is 0 Å². The largest absolute Gasteiger partial charge is 0.388 e. The summed E-state index contributed by atoms with van der Waals surface area (Å²) in [4.78, 5) is 0. The van der Waals surface area contributed by atoms with Crippen LogP contribution in [0.5, 0.6) is 0 Å². The lowest BCUT2D eigenvalue weighted by Crippen LogP contribution is -2.64. The number of aliphatic hydroxyl groups is 1. The number of fused-ring (bicyclic) bond motifs is 1. The van der Waals surface area contributed by atoms with E-state index in [9.17, 15) is 5.11 Å². The van der Waals surface area contributed by atoms with Gasteiger partial charge in [0.25, 0.3) is 0 Å². The molecule has 2 heterocycles. The average Bonchev–Trinajstić information content (AvgIpc) is 2.51. The Morgan fingerprint density at radius 3 is 2.70 bits per heavy atom. The lowest BCUT2D eigenvalue weighted by Gasteiger charge is -2.46. The maximum absolute atomic E-state index is 10.3. The lowest BCUT2D eigenvalue weighted by atomic mass is 9.96. The molecule has 3 rings (SSSR count). The first-order valence-corrected chi connectivity index (χ1v) is 6.64. The summed E-state index contributed by atoms with van der Waals surface area (Å²) in [7, 11) is 1.49. The smallest absolute Gasteiger partial charge is 0.184 e. The van der Waals surface area contributed by atoms with Crippen LogP contribution in [-0.2, 0) is 18.9 Å². The molecule has 2 saturated heterocycles. The van der Waals surface area contributed by atoms with Crippen molar-refractivity contribution in [3.63, 3.8) is 0 Å². The predicted octanol–water partition coefficient (Wildman–Crippen LogP) is 0.160. The van der Waals surface area contributed by atoms with Gasteiger partial charge in [-0.1, -0.05) is 30.3 Å². The number of benzene rings is 1. The fraction of sp³-hybridized carbons (Fsp3) is 0.571. The fourth-order valence-electron chi connectivity index (χ4n) is 2.60. The standard InChI is InChI=1S/C14H19NO5/c1-17-14-10(15)11(16)12-9(19-14)7-18-13(20-12)8-5-3-2-4-6-8/h2-6,9-14,16H,7,15H2,1H3/t9?,10-,11?,12+,13?,14?/m0/s1. The van der Waals surface area contributed by atoms with E-state index in [1.807, 2.05) is 30.3 Å². The molecule has 1 aromatic carbocycles. The van der Waals surface area contributed by atoms with E-state index in [-0.39, 0.29) is 6.10 Å². The predicted molar refractivity (Wildman–Crippen MR) is 69.7 cm³/mol. The maximum atomic E-state index is 10.3. The average molecular weight is 281 g/mol. The minimum Gasteiger partial charge on any atom is -0.388 e. The number of rotatable bonds is 2. The van der Waals surface area contributed by atoms with Crippen LogP contribution in [0.2, 0.25) is 0 Å². The summed E-state index contributed by atoms with van der Waals surface area (Å²) < 4.78 is 22.2. The molecule has 0 spiro atoms. The first kappa shape index (κ1) is 13.9. The lowest BCUT2D eigenvalue weighted by molar-refractivity contribution is -0.339. The molecule has 1 aromatic rings. The van der Waals surface area contributed by atoms with Gasteiger partial charge >= 0.3 is 0 Å². The summed E-state index contributed by atoms with van der Waals surface area (Å²) in [6, 6.07) is 8.93. The highest BCUT2D eigenvalue weighted by molar-refractivity contribution is 5.16. The molecule has 0 saturated carbocycles. The summed E-state index contributed by atoms with van der Waals surface area (Å²) >= 11 is 0. The fourth-order valence-corrected chi connectivity index (χ4v) is 2.60. The Morgan fingerprint density at radius 2 is 2.00 bits per heavy atom. The second-order valence-corrected chi connectivity index (χ2v) is 5.02. The molecule has 0 bridgehead atoms. The SMILES string of the molecule is COC1OC2COC(c3ccccc3)O[C@H]2C(O)[C@@H]1N. The van der Waals surface area contributed by atoms with Crippen LogP contribution in [-0.4, -0.2) is 49.5 Å². The Morgan fingerprint density at radius 1 is 1.25 bits per heavy atom. The molecular weight excluding hydrogens is 262 g/mol. The van der Waals surface area contributed by atoms with Crippen LogP contribution < -0.4 is 5.73 Å². The maximum Gasteiger partial charge on any atom is 0.184 e. The molecule has 0 aromatic heterocycles. The third-order valence-corrected chi connectivity index (χ3v) is 3.72. The number of hydrogen-bond donors (Lipinski definition) is 2. The molecule has 6 heteroatoms. The van der Waals surface area contributed by atoms with E-state index in [2.05, 4.69) is 0 Å². The number of ether oxygens (including phenoxy) is 4. The highest BCUT2D eigenvalue weighted by atomic mass is 16.7. The molecule has 2 aliphatic heterocycles. The van der Waals surface area contributed by atoms with Crippen molar-refractivity contribution in [2.75, 3.05) is 13.7 Å². The molecule has 0 aliphatic carbocycles. The Labute approximate surface area is 117 Å². The zero-order chi connectivity index (χ0) is 14.1. The van der Waals surface area contributed by atoms with Gasteiger partial charge in [0, 0.05) is 12.7 Å². The highest BCUT2D eigenvalue weighted by Gasteiger charge is 2.48. The van der Waals surface area contributed by atoms with Crippen molar-refractivity contribution in [2.45, 2.75) is 36.9 Å². The summed E-state index contributed by atoms with van der Waals surface area (Å²) in [5, 5.41) is 10.3. The van der Waals surface area contributed by atoms with Crippen LogP contribution >= 0.6 is 0 Å². The Hall–Kier alpha value is -1.02. The minimum atomic E-state index is -0.853. The first-order chi connectivity index (χ1) is 9.70. The van der Waals surface area contributed by atoms with Gasteiger partial charge in [-0.3, -0.25) is 0 Å². The van der Waals surface area contributed by atoms with Crippen LogP contribution in [0.3, 0.4) is 0 Å². The van der Waals surface area contributed by atoms with E-state index in [1.54, 1.807) is 0 Å². The van der Waals surface area contributed by atoms with Gasteiger partial charge in [0.1, 0.15) is 18.3 Å². The van der Waals surface area contributed by atoms with E-state index >= 15 is 0 Å². The molecule has 6 atom stereocenters. The number of nitrogens with two attached hydrogens (primary N) is 1. The van der Waals surface area contributed by atoms with Crippen LogP contribution in [0.1, 0.15) is 11.9 Å². The zero-order valence-corrected chi connectivity index (χ0v) is 11.2. The van der Waals surface area contributed by atoms with Crippen molar-refractivity contribution in [2.24, 2.45) is 5.73 Å². The van der Waals surface area contributed by atoms with Crippen molar-refractivity contribution in [1.29, 1.82) is 0 Å². The second-order valence-electron chi connectivity index (χ2n) is 5.02. The van der Waals surface area contributed by atoms with Gasteiger partial charge < -0.3 is 29.8 Å². The molecule has 110 valence electrons. The molecule has 2 fully saturated rings. The normalized spacial score (nSPS) is 41.1. The van der Waals surface area contributed by atoms with E-state index in [1.165, 1.54) is 7.11 Å². The Kier molecular flexibility index (Phi) is 4.02. The van der Waals surface area contributed by atoms with Gasteiger partial charge in [0.05, 0.1) is 12.6 Å². The summed E-state index contributed by atoms with van der Waals surface area (Å²) in [5.74, 6) is 0. The molecule has 6 nitrogen and oxygen atoms in total. The minimum absolute atomic E-state index is 0.327. The van der Waals surface area contributed by atoms with E-state index < -0.39 is 30.8 Å². The summed E-state index contributed by atoms with van der Waals surface area (Å²) in [6.45, 7) is 0.327. The molecular formula is C14H19NO5. The molecule has 0 radical (unpaired) electrons. The quantitative estimate of drug-likeness (QED) is 0.803. The van der Waals surface area contributed by atoms with Gasteiger partial charge in [-0.15, -0.1) is 0 Å². The molecule has 2 aliphatic rings. The number of hydrogen-bond acceptors (Lipinski definition) is 6. The van der Waals surface area contributed by atoms with Crippen LogP contribution in [0, 0.1) is 0 Å². The van der Waals surface area contributed by atoms with E-state index in [0.29, 0.717) is 6.61 Å². The van der Waals surface area contributed by atoms with E-state index in [0.717, 1.165) is 5.56 Å². The van der Waals surface area contributed by atoms with Gasteiger partial charge in [0.2, 0.25) is 0 Å². The van der Waals surface area contributed by atoms with Crippen LogP contribution in [0.15, 0.2) is 30.3 Å². The molecule has 3 N–H and O–H groups in total. The monoisotopic (exact) mass is 281 g/mol. The molecule has 0 amide bonds. The second kappa shape index (κ2) is 5.77. The van der Waals surface area contributed by atoms with Crippen LogP contribution in [0.25, 0.3) is 0 Å². The van der Waals surface area contributed by atoms with Crippen molar-refractivity contribution in [1.82, 2.24) is 0 Å². The zero-order valence-electron chi connectivity index (χ0n) is 11.2. The Balaban J connectivity index is 1.74. The number of aliphatic hydroxyl groups excluding tert-OH is 1. The third kappa shape index (κ3) is 2.46.